The van der Waals surface area contributed by atoms with Crippen molar-refractivity contribution in [1.29, 1.82) is 0 Å². The summed E-state index contributed by atoms with van der Waals surface area (Å²) >= 11 is 6.08. The predicted octanol–water partition coefficient (Wildman–Crippen LogP) is 4.46. The molecule has 2 unspecified atom stereocenters. The monoisotopic (exact) mass is 455 g/mol. The summed E-state index contributed by atoms with van der Waals surface area (Å²) in [6.45, 7) is 4.99. The summed E-state index contributed by atoms with van der Waals surface area (Å²) in [5, 5.41) is 5.39. The van der Waals surface area contributed by atoms with Crippen LogP contribution in [-0.2, 0) is 4.74 Å². The maximum absolute atomic E-state index is 13.6. The molecule has 1 saturated heterocycles. The second-order valence-electron chi connectivity index (χ2n) is 7.84. The van der Waals surface area contributed by atoms with E-state index in [4.69, 9.17) is 30.9 Å². The quantitative estimate of drug-likeness (QED) is 0.568. The standard InChI is InChI=1S/C24H26ClN3O4/c1-15-13-27(14-16(2)32-15)24(29)22-12-21(20-10-9-19(30-3)11-23(20)31-4)26-28(22)18-7-5-17(25)6-8-18/h5-12,15-16H,13-14H2,1-4H3. The fraction of sp³-hybridized carbons (Fsp3) is 0.333. The molecule has 0 bridgehead atoms. The highest BCUT2D eigenvalue weighted by molar-refractivity contribution is 6.30. The Kier molecular flexibility index (Phi) is 6.39. The lowest BCUT2D eigenvalue weighted by Gasteiger charge is -2.35. The van der Waals surface area contributed by atoms with Gasteiger partial charge < -0.3 is 19.1 Å². The van der Waals surface area contributed by atoms with E-state index in [0.717, 1.165) is 11.3 Å². The number of methoxy groups -OCH3 is 2. The van der Waals surface area contributed by atoms with Crippen molar-refractivity contribution in [3.8, 4) is 28.4 Å². The molecule has 1 aromatic heterocycles. The Labute approximate surface area is 192 Å². The van der Waals surface area contributed by atoms with Crippen LogP contribution in [0.4, 0.5) is 0 Å². The van der Waals surface area contributed by atoms with Crippen LogP contribution in [0, 0.1) is 0 Å². The van der Waals surface area contributed by atoms with E-state index in [0.29, 0.717) is 41.0 Å². The number of rotatable bonds is 5. The number of carbonyl (C=O) groups excluding carboxylic acids is 1. The number of hydrogen-bond acceptors (Lipinski definition) is 5. The Morgan fingerprint density at radius 3 is 2.34 bits per heavy atom. The van der Waals surface area contributed by atoms with Gasteiger partial charge in [-0.3, -0.25) is 4.79 Å². The zero-order valence-corrected chi connectivity index (χ0v) is 19.3. The third-order valence-electron chi connectivity index (χ3n) is 5.39. The molecule has 8 heteroatoms. The molecule has 1 fully saturated rings. The van der Waals surface area contributed by atoms with Gasteiger partial charge in [0.1, 0.15) is 17.2 Å². The van der Waals surface area contributed by atoms with E-state index in [1.807, 2.05) is 43.0 Å². The topological polar surface area (TPSA) is 65.8 Å². The molecule has 0 aliphatic carbocycles. The summed E-state index contributed by atoms with van der Waals surface area (Å²) in [4.78, 5) is 15.4. The number of amides is 1. The van der Waals surface area contributed by atoms with Crippen LogP contribution < -0.4 is 9.47 Å². The molecule has 1 aliphatic heterocycles. The van der Waals surface area contributed by atoms with Gasteiger partial charge in [0, 0.05) is 29.7 Å². The molecule has 1 amide bonds. The Bertz CT molecular complexity index is 1100. The summed E-state index contributed by atoms with van der Waals surface area (Å²) < 4.78 is 18.3. The van der Waals surface area contributed by atoms with Crippen molar-refractivity contribution in [2.24, 2.45) is 0 Å². The van der Waals surface area contributed by atoms with Crippen molar-refractivity contribution in [1.82, 2.24) is 14.7 Å². The van der Waals surface area contributed by atoms with Crippen LogP contribution in [0.15, 0.2) is 48.5 Å². The minimum atomic E-state index is -0.104. The first-order valence-electron chi connectivity index (χ1n) is 10.4. The van der Waals surface area contributed by atoms with Gasteiger partial charge in [0.25, 0.3) is 5.91 Å². The molecule has 1 aliphatic rings. The second-order valence-corrected chi connectivity index (χ2v) is 8.27. The molecule has 2 heterocycles. The lowest BCUT2D eigenvalue weighted by Crippen LogP contribution is -2.48. The van der Waals surface area contributed by atoms with Crippen LogP contribution in [-0.4, -0.2) is 60.1 Å². The highest BCUT2D eigenvalue weighted by atomic mass is 35.5. The van der Waals surface area contributed by atoms with Crippen molar-refractivity contribution < 1.29 is 19.0 Å². The number of hydrogen-bond donors (Lipinski definition) is 0. The number of carbonyl (C=O) groups is 1. The molecule has 4 rings (SSSR count). The normalized spacial score (nSPS) is 18.5. The third kappa shape index (κ3) is 4.45. The average Bonchev–Trinajstić information content (AvgIpc) is 3.23. The number of ether oxygens (including phenoxy) is 3. The van der Waals surface area contributed by atoms with Crippen LogP contribution in [0.3, 0.4) is 0 Å². The van der Waals surface area contributed by atoms with Crippen molar-refractivity contribution in [2.45, 2.75) is 26.1 Å². The molecule has 0 saturated carbocycles. The molecule has 3 aromatic rings. The van der Waals surface area contributed by atoms with Gasteiger partial charge in [-0.05, 0) is 56.3 Å². The summed E-state index contributed by atoms with van der Waals surface area (Å²) in [6.07, 6.45) is -0.0634. The van der Waals surface area contributed by atoms with E-state index in [-0.39, 0.29) is 18.1 Å². The molecule has 2 aromatic carbocycles. The lowest BCUT2D eigenvalue weighted by atomic mass is 10.1. The molecule has 32 heavy (non-hydrogen) atoms. The average molecular weight is 456 g/mol. The van der Waals surface area contributed by atoms with E-state index in [2.05, 4.69) is 0 Å². The first-order valence-corrected chi connectivity index (χ1v) is 10.8. The van der Waals surface area contributed by atoms with Crippen molar-refractivity contribution in [3.63, 3.8) is 0 Å². The number of halogens is 1. The first-order chi connectivity index (χ1) is 15.4. The highest BCUT2D eigenvalue weighted by Gasteiger charge is 2.30. The molecular weight excluding hydrogens is 430 g/mol. The maximum Gasteiger partial charge on any atom is 0.272 e. The van der Waals surface area contributed by atoms with Gasteiger partial charge in [-0.1, -0.05) is 11.6 Å². The van der Waals surface area contributed by atoms with Crippen LogP contribution in [0.2, 0.25) is 5.02 Å². The maximum atomic E-state index is 13.6. The zero-order valence-electron chi connectivity index (χ0n) is 18.5. The van der Waals surface area contributed by atoms with Crippen molar-refractivity contribution in [3.05, 3.63) is 59.2 Å². The van der Waals surface area contributed by atoms with Crippen molar-refractivity contribution in [2.75, 3.05) is 27.3 Å². The highest BCUT2D eigenvalue weighted by Crippen LogP contribution is 2.34. The summed E-state index contributed by atoms with van der Waals surface area (Å²) in [7, 11) is 3.20. The predicted molar refractivity (Wildman–Crippen MR) is 123 cm³/mol. The van der Waals surface area contributed by atoms with E-state index in [1.54, 1.807) is 43.2 Å². The molecule has 7 nitrogen and oxygen atoms in total. The fourth-order valence-electron chi connectivity index (χ4n) is 3.96. The van der Waals surface area contributed by atoms with Gasteiger partial charge in [-0.25, -0.2) is 4.68 Å². The summed E-state index contributed by atoms with van der Waals surface area (Å²) in [5.41, 5.74) is 2.59. The molecule has 0 spiro atoms. The van der Waals surface area contributed by atoms with Crippen molar-refractivity contribution >= 4 is 17.5 Å². The number of benzene rings is 2. The minimum absolute atomic E-state index is 0.0317. The van der Waals surface area contributed by atoms with Crippen LogP contribution in [0.25, 0.3) is 16.9 Å². The van der Waals surface area contributed by atoms with Gasteiger partial charge in [-0.15, -0.1) is 0 Å². The van der Waals surface area contributed by atoms with E-state index >= 15 is 0 Å². The second kappa shape index (κ2) is 9.22. The fourth-order valence-corrected chi connectivity index (χ4v) is 4.09. The lowest BCUT2D eigenvalue weighted by molar-refractivity contribution is -0.0588. The van der Waals surface area contributed by atoms with Crippen LogP contribution >= 0.6 is 11.6 Å². The van der Waals surface area contributed by atoms with Gasteiger partial charge in [0.2, 0.25) is 0 Å². The Morgan fingerprint density at radius 1 is 1.03 bits per heavy atom. The number of nitrogens with zero attached hydrogens (tertiary/aromatic N) is 3. The first kappa shape index (κ1) is 22.2. The SMILES string of the molecule is COc1ccc(-c2cc(C(=O)N3CC(C)OC(C)C3)n(-c3ccc(Cl)cc3)n2)c(OC)c1. The third-order valence-corrected chi connectivity index (χ3v) is 5.64. The Balaban J connectivity index is 1.81. The van der Waals surface area contributed by atoms with Crippen LogP contribution in [0.1, 0.15) is 24.3 Å². The van der Waals surface area contributed by atoms with Gasteiger partial charge in [0.15, 0.2) is 0 Å². The van der Waals surface area contributed by atoms with Gasteiger partial charge in [0.05, 0.1) is 37.8 Å². The Hall–Kier alpha value is -3.03. The van der Waals surface area contributed by atoms with E-state index in [1.165, 1.54) is 0 Å². The molecule has 168 valence electrons. The van der Waals surface area contributed by atoms with Gasteiger partial charge >= 0.3 is 0 Å². The van der Waals surface area contributed by atoms with E-state index < -0.39 is 0 Å². The largest absolute Gasteiger partial charge is 0.497 e. The van der Waals surface area contributed by atoms with E-state index in [9.17, 15) is 4.79 Å². The zero-order chi connectivity index (χ0) is 22.8. The summed E-state index contributed by atoms with van der Waals surface area (Å²) in [6, 6.07) is 14.5. The molecule has 2 atom stereocenters. The molecule has 0 radical (unpaired) electrons. The summed E-state index contributed by atoms with van der Waals surface area (Å²) in [5.74, 6) is 1.18. The molecule has 0 N–H and O–H groups in total. The Morgan fingerprint density at radius 2 is 1.72 bits per heavy atom. The van der Waals surface area contributed by atoms with Gasteiger partial charge in [-0.2, -0.15) is 5.10 Å². The number of morpholine rings is 1. The van der Waals surface area contributed by atoms with Crippen LogP contribution in [0.5, 0.6) is 11.5 Å². The smallest absolute Gasteiger partial charge is 0.272 e. The molecular formula is C24H26ClN3O4. The number of aromatic nitrogens is 2. The minimum Gasteiger partial charge on any atom is -0.497 e.